The molecule has 1 aliphatic rings. The topological polar surface area (TPSA) is 78.4 Å². The molecule has 0 spiro atoms. The third kappa shape index (κ3) is 4.34. The van der Waals surface area contributed by atoms with Crippen LogP contribution in [0.15, 0.2) is 71.4 Å². The molecule has 0 saturated heterocycles. The molecule has 3 N–H and O–H groups in total. The zero-order valence-electron chi connectivity index (χ0n) is 15.5. The first-order valence-corrected chi connectivity index (χ1v) is 10.0. The quantitative estimate of drug-likeness (QED) is 0.583. The fourth-order valence-electron chi connectivity index (χ4n) is 2.85. The first-order valence-electron chi connectivity index (χ1n) is 8.84. The molecule has 7 nitrogen and oxygen atoms in total. The van der Waals surface area contributed by atoms with Gasteiger partial charge in [-0.15, -0.1) is 16.9 Å². The maximum Gasteiger partial charge on any atom is 0.261 e. The molecule has 4 rings (SSSR count). The number of nitrogens with zero attached hydrogens (tertiary/aromatic N) is 2. The van der Waals surface area contributed by atoms with Crippen molar-refractivity contribution >= 4 is 34.5 Å². The van der Waals surface area contributed by atoms with Gasteiger partial charge in [-0.25, -0.2) is 0 Å². The number of amides is 1. The van der Waals surface area contributed by atoms with Crippen molar-refractivity contribution in [3.63, 3.8) is 0 Å². The van der Waals surface area contributed by atoms with E-state index in [1.54, 1.807) is 34.0 Å². The Hall–Kier alpha value is -3.07. The smallest absolute Gasteiger partial charge is 0.261 e. The summed E-state index contributed by atoms with van der Waals surface area (Å²) >= 11 is 7.10. The van der Waals surface area contributed by atoms with Gasteiger partial charge in [-0.3, -0.25) is 19.2 Å². The van der Waals surface area contributed by atoms with E-state index in [2.05, 4.69) is 16.3 Å². The van der Waals surface area contributed by atoms with E-state index in [0.717, 1.165) is 22.6 Å². The standard InChI is InChI=1S/C20H18ClN5O2S/c1-13-8-9-25(19(27)10-13)15-2-4-16(5-3-15)26-12-14(23-24-26)11-22-20(28)17-6-7-18(21)29-17/h2-10,12,23-24H,11H2,1H3,(H,22,28). The first-order chi connectivity index (χ1) is 14.0. The Balaban J connectivity index is 1.41. The molecule has 3 heterocycles. The zero-order valence-corrected chi connectivity index (χ0v) is 17.1. The SMILES string of the molecule is Cc1ccn(-c2ccc(N3C=C(CNC(=O)c4ccc(Cl)s4)NN3)cc2)c(=O)c1. The molecule has 0 fully saturated rings. The minimum absolute atomic E-state index is 0.0661. The van der Waals surface area contributed by atoms with Crippen LogP contribution in [0.25, 0.3) is 5.69 Å². The Morgan fingerprint density at radius 2 is 1.90 bits per heavy atom. The summed E-state index contributed by atoms with van der Waals surface area (Å²) in [4.78, 5) is 24.8. The number of nitrogens with one attached hydrogen (secondary N) is 3. The highest BCUT2D eigenvalue weighted by Gasteiger charge is 2.15. The van der Waals surface area contributed by atoms with Crippen LogP contribution in [-0.4, -0.2) is 17.0 Å². The Labute approximate surface area is 176 Å². The molecule has 0 radical (unpaired) electrons. The molecule has 0 unspecified atom stereocenters. The number of carbonyl (C=O) groups excluding carboxylic acids is 1. The predicted molar refractivity (Wildman–Crippen MR) is 115 cm³/mol. The van der Waals surface area contributed by atoms with E-state index in [4.69, 9.17) is 11.6 Å². The van der Waals surface area contributed by atoms with Gasteiger partial charge >= 0.3 is 0 Å². The number of halogens is 1. The van der Waals surface area contributed by atoms with Gasteiger partial charge in [-0.05, 0) is 55.0 Å². The number of thiophene rings is 1. The molecular weight excluding hydrogens is 410 g/mol. The lowest BCUT2D eigenvalue weighted by molar-refractivity contribution is 0.0960. The summed E-state index contributed by atoms with van der Waals surface area (Å²) in [5.41, 5.74) is 9.39. The lowest BCUT2D eigenvalue weighted by Crippen LogP contribution is -2.38. The van der Waals surface area contributed by atoms with Crippen LogP contribution >= 0.6 is 22.9 Å². The zero-order chi connectivity index (χ0) is 20.4. The number of carbonyl (C=O) groups is 1. The minimum atomic E-state index is -0.170. The van der Waals surface area contributed by atoms with Crippen LogP contribution in [-0.2, 0) is 0 Å². The molecule has 1 amide bonds. The Kier molecular flexibility index (Phi) is 5.39. The number of aryl methyl sites for hydroxylation is 1. The van der Waals surface area contributed by atoms with Crippen LogP contribution in [0.3, 0.4) is 0 Å². The van der Waals surface area contributed by atoms with Gasteiger partial charge in [0.25, 0.3) is 11.5 Å². The lowest BCUT2D eigenvalue weighted by atomic mass is 10.2. The second-order valence-electron chi connectivity index (χ2n) is 6.48. The fourth-order valence-corrected chi connectivity index (χ4v) is 3.80. The first kappa shape index (κ1) is 19.3. The van der Waals surface area contributed by atoms with E-state index in [9.17, 15) is 9.59 Å². The average Bonchev–Trinajstić information content (AvgIpc) is 3.36. The van der Waals surface area contributed by atoms with E-state index in [1.165, 1.54) is 11.3 Å². The second kappa shape index (κ2) is 8.12. The van der Waals surface area contributed by atoms with Crippen molar-refractivity contribution in [1.82, 2.24) is 20.8 Å². The van der Waals surface area contributed by atoms with Crippen molar-refractivity contribution in [2.45, 2.75) is 6.92 Å². The van der Waals surface area contributed by atoms with Gasteiger partial charge in [0.2, 0.25) is 0 Å². The number of aromatic nitrogens is 1. The summed E-state index contributed by atoms with van der Waals surface area (Å²) in [6.45, 7) is 2.23. The maximum atomic E-state index is 12.1. The van der Waals surface area contributed by atoms with E-state index < -0.39 is 0 Å². The molecule has 3 aromatic rings. The number of hydrogen-bond acceptors (Lipinski definition) is 6. The van der Waals surface area contributed by atoms with Gasteiger partial charge < -0.3 is 10.7 Å². The van der Waals surface area contributed by atoms with Crippen molar-refractivity contribution in [2.24, 2.45) is 0 Å². The number of pyridine rings is 1. The van der Waals surface area contributed by atoms with E-state index >= 15 is 0 Å². The fraction of sp³-hybridized carbons (Fsp3) is 0.100. The van der Waals surface area contributed by atoms with Crippen LogP contribution in [0, 0.1) is 6.92 Å². The van der Waals surface area contributed by atoms with Gasteiger partial charge in [0.05, 0.1) is 27.1 Å². The van der Waals surface area contributed by atoms with Crippen LogP contribution < -0.4 is 26.8 Å². The molecule has 148 valence electrons. The molecular formula is C20H18ClN5O2S. The Morgan fingerprint density at radius 3 is 2.59 bits per heavy atom. The van der Waals surface area contributed by atoms with Crippen LogP contribution in [0.2, 0.25) is 4.34 Å². The average molecular weight is 428 g/mol. The largest absolute Gasteiger partial charge is 0.346 e. The summed E-state index contributed by atoms with van der Waals surface area (Å²) in [6, 6.07) is 14.5. The second-order valence-corrected chi connectivity index (χ2v) is 8.19. The number of rotatable bonds is 5. The summed E-state index contributed by atoms with van der Waals surface area (Å²) in [5, 5.41) is 4.64. The molecule has 2 aromatic heterocycles. The van der Waals surface area contributed by atoms with Crippen molar-refractivity contribution < 1.29 is 4.79 Å². The predicted octanol–water partition coefficient (Wildman–Crippen LogP) is 2.96. The van der Waals surface area contributed by atoms with E-state index in [-0.39, 0.29) is 11.5 Å². The number of benzene rings is 1. The van der Waals surface area contributed by atoms with Crippen molar-refractivity contribution in [2.75, 3.05) is 11.6 Å². The summed E-state index contributed by atoms with van der Waals surface area (Å²) in [6.07, 6.45) is 3.62. The van der Waals surface area contributed by atoms with Crippen LogP contribution in [0.1, 0.15) is 15.2 Å². The van der Waals surface area contributed by atoms with Gasteiger partial charge in [0.1, 0.15) is 0 Å². The van der Waals surface area contributed by atoms with Crippen molar-refractivity contribution in [3.05, 3.63) is 91.8 Å². The number of anilines is 1. The lowest BCUT2D eigenvalue weighted by Gasteiger charge is -2.16. The molecule has 0 saturated carbocycles. The number of hydrazine groups is 2. The summed E-state index contributed by atoms with van der Waals surface area (Å²) < 4.78 is 2.18. The molecule has 1 aliphatic heterocycles. The highest BCUT2D eigenvalue weighted by Crippen LogP contribution is 2.21. The van der Waals surface area contributed by atoms with Gasteiger partial charge in [0, 0.05) is 24.2 Å². The summed E-state index contributed by atoms with van der Waals surface area (Å²) in [7, 11) is 0. The normalized spacial score (nSPS) is 13.2. The van der Waals surface area contributed by atoms with Crippen molar-refractivity contribution in [1.29, 1.82) is 0 Å². The summed E-state index contributed by atoms with van der Waals surface area (Å²) in [5.74, 6) is -0.170. The molecule has 0 bridgehead atoms. The van der Waals surface area contributed by atoms with Crippen LogP contribution in [0.5, 0.6) is 0 Å². The van der Waals surface area contributed by atoms with Crippen LogP contribution in [0.4, 0.5) is 5.69 Å². The van der Waals surface area contributed by atoms with Gasteiger partial charge in [-0.2, -0.15) is 0 Å². The van der Waals surface area contributed by atoms with E-state index in [0.29, 0.717) is 15.8 Å². The van der Waals surface area contributed by atoms with E-state index in [1.807, 2.05) is 43.5 Å². The van der Waals surface area contributed by atoms with Gasteiger partial charge in [-0.1, -0.05) is 11.6 Å². The van der Waals surface area contributed by atoms with Gasteiger partial charge in [0.15, 0.2) is 0 Å². The van der Waals surface area contributed by atoms with Crippen molar-refractivity contribution in [3.8, 4) is 5.69 Å². The minimum Gasteiger partial charge on any atom is -0.346 e. The Bertz CT molecular complexity index is 1140. The third-order valence-electron chi connectivity index (χ3n) is 4.34. The molecule has 0 atom stereocenters. The number of hydrogen-bond donors (Lipinski definition) is 3. The maximum absolute atomic E-state index is 12.1. The highest BCUT2D eigenvalue weighted by molar-refractivity contribution is 7.18. The molecule has 1 aromatic carbocycles. The Morgan fingerprint density at radius 1 is 1.14 bits per heavy atom. The molecule has 0 aliphatic carbocycles. The molecule has 29 heavy (non-hydrogen) atoms. The molecule has 9 heteroatoms. The monoisotopic (exact) mass is 427 g/mol. The highest BCUT2D eigenvalue weighted by atomic mass is 35.5. The third-order valence-corrected chi connectivity index (χ3v) is 5.57.